The van der Waals surface area contributed by atoms with Crippen molar-refractivity contribution in [2.24, 2.45) is 0 Å². The zero-order valence-corrected chi connectivity index (χ0v) is 7.22. The van der Waals surface area contributed by atoms with Gasteiger partial charge in [-0.1, -0.05) is 0 Å². The van der Waals surface area contributed by atoms with Crippen molar-refractivity contribution < 1.29 is 48.8 Å². The van der Waals surface area contributed by atoms with Crippen LogP contribution in [0.4, 0.5) is 0 Å². The van der Waals surface area contributed by atoms with Crippen molar-refractivity contribution in [1.29, 1.82) is 0 Å². The van der Waals surface area contributed by atoms with E-state index in [-0.39, 0.29) is 26.2 Å². The molecule has 0 aromatic carbocycles. The molecule has 0 aliphatic rings. The van der Waals surface area contributed by atoms with E-state index in [4.69, 9.17) is 22.6 Å². The van der Waals surface area contributed by atoms with Crippen LogP contribution in [0, 0.1) is 0 Å². The molecule has 0 amide bonds. The topological polar surface area (TPSA) is 103 Å². The first-order chi connectivity index (χ1) is 3.00. The fourth-order valence-corrected chi connectivity index (χ4v) is 0. The van der Waals surface area contributed by atoms with Crippen LogP contribution in [0.3, 0.4) is 0 Å². The Morgan fingerprint density at radius 1 is 1.12 bits per heavy atom. The van der Waals surface area contributed by atoms with E-state index in [0.29, 0.717) is 0 Å². The molecule has 0 saturated carbocycles. The van der Waals surface area contributed by atoms with Crippen LogP contribution < -0.4 is 5.11 Å². The van der Waals surface area contributed by atoms with Crippen molar-refractivity contribution in [2.45, 2.75) is 0 Å². The van der Waals surface area contributed by atoms with E-state index in [9.17, 15) is 0 Å². The molecule has 0 aliphatic heterocycles. The molecule has 1 radical (unpaired) electrons. The molecule has 0 atom stereocenters. The molecule has 5 nitrogen and oxygen atoms in total. The summed E-state index contributed by atoms with van der Waals surface area (Å²) in [5, 5.41) is 8.25. The van der Waals surface area contributed by atoms with Crippen LogP contribution in [0.2, 0.25) is 0 Å². The van der Waals surface area contributed by atoms with Crippen molar-refractivity contribution in [3.8, 4) is 0 Å². The van der Waals surface area contributed by atoms with Gasteiger partial charge in [0.15, 0.2) is 0 Å². The predicted octanol–water partition coefficient (Wildman–Crippen LogP) is -2.36. The number of hydrogen-bond acceptors (Lipinski definition) is 5. The molecule has 0 fully saturated rings. The third-order valence-corrected chi connectivity index (χ3v) is 0. The van der Waals surface area contributed by atoms with Crippen LogP contribution >= 0.6 is 0 Å². The van der Waals surface area contributed by atoms with Gasteiger partial charge in [-0.2, -0.15) is 7.11 Å². The molecule has 0 unspecified atom stereocenters. The van der Waals surface area contributed by atoms with Gasteiger partial charge in [-0.25, -0.2) is 0 Å². The van der Waals surface area contributed by atoms with Gasteiger partial charge in [0.05, 0.1) is 0 Å². The Balaban J connectivity index is -0.0000000750. The molecule has 8 heavy (non-hydrogen) atoms. The Morgan fingerprint density at radius 3 is 1.12 bits per heavy atom. The van der Waals surface area contributed by atoms with E-state index in [1.165, 1.54) is 0 Å². The van der Waals surface area contributed by atoms with E-state index in [0.717, 1.165) is 7.11 Å². The van der Waals surface area contributed by atoms with Crippen LogP contribution in [0.5, 0.6) is 0 Å². The van der Waals surface area contributed by atoms with Crippen molar-refractivity contribution in [3.63, 3.8) is 0 Å². The van der Waals surface area contributed by atoms with Crippen LogP contribution in [-0.4, -0.2) is 24.6 Å². The largest absolute Gasteiger partial charge is 3.00 e. The number of rotatable bonds is 0. The molecule has 0 aromatic heterocycles. The third-order valence-electron chi connectivity index (χ3n) is 0. The maximum absolute atomic E-state index is 8.52. The van der Waals surface area contributed by atoms with Crippen LogP contribution in [-0.2, 0) is 36.6 Å². The molecule has 0 spiro atoms. The second kappa shape index (κ2) is 7.71. The van der Waals surface area contributed by atoms with Gasteiger partial charge in [0.2, 0.25) is 0 Å². The summed E-state index contributed by atoms with van der Waals surface area (Å²) < 4.78 is 34.1. The standard InChI is InChI=1S/CH3O.H2O4S.Zr/c1-2;1-5(2,3)4;/h1H3;(H2,1,2,3,4);/q-1;;+3/p-2. The molecule has 0 heterocycles. The summed E-state index contributed by atoms with van der Waals surface area (Å²) >= 11 is 0. The second-order valence-corrected chi connectivity index (χ2v) is 1.22. The fourth-order valence-electron chi connectivity index (χ4n) is 0. The summed E-state index contributed by atoms with van der Waals surface area (Å²) in [5.74, 6) is 0. The third kappa shape index (κ3) is 431. The maximum atomic E-state index is 8.52. The first-order valence-corrected chi connectivity index (χ1v) is 2.41. The Morgan fingerprint density at radius 2 is 1.12 bits per heavy atom. The molecule has 47 valence electrons. The molecular formula is CH3O5SZr. The van der Waals surface area contributed by atoms with Crippen LogP contribution in [0.25, 0.3) is 0 Å². The van der Waals surface area contributed by atoms with Gasteiger partial charge in [0.25, 0.3) is 0 Å². The summed E-state index contributed by atoms with van der Waals surface area (Å²) in [7, 11) is -4.42. The van der Waals surface area contributed by atoms with Gasteiger partial charge < -0.3 is 14.2 Å². The normalized spacial score (nSPS) is 8.00. The smallest absolute Gasteiger partial charge is 0.857 e. The summed E-state index contributed by atoms with van der Waals surface area (Å²) in [6.45, 7) is 0. The van der Waals surface area contributed by atoms with Crippen molar-refractivity contribution in [2.75, 3.05) is 7.11 Å². The Kier molecular flexibility index (Phi) is 15.3. The zero-order valence-electron chi connectivity index (χ0n) is 3.95. The summed E-state index contributed by atoms with van der Waals surface area (Å²) in [6.07, 6.45) is 0. The van der Waals surface area contributed by atoms with Crippen molar-refractivity contribution in [1.82, 2.24) is 0 Å². The van der Waals surface area contributed by atoms with Gasteiger partial charge in [-0.05, 0) is 0 Å². The monoisotopic (exact) mass is 217 g/mol. The Hall–Kier alpha value is 0.713. The van der Waals surface area contributed by atoms with E-state index in [1.54, 1.807) is 0 Å². The first kappa shape index (κ1) is 15.9. The quantitative estimate of drug-likeness (QED) is 0.334. The van der Waals surface area contributed by atoms with Crippen LogP contribution in [0.15, 0.2) is 0 Å². The second-order valence-electron chi connectivity index (χ2n) is 0.408. The fraction of sp³-hybridized carbons (Fsp3) is 1.00. The minimum absolute atomic E-state index is 0. The molecule has 0 aliphatic carbocycles. The molecule has 7 heteroatoms. The van der Waals surface area contributed by atoms with Gasteiger partial charge in [-0.15, -0.1) is 0 Å². The maximum Gasteiger partial charge on any atom is 3.00 e. The molecule has 0 aromatic rings. The van der Waals surface area contributed by atoms with E-state index in [1.807, 2.05) is 0 Å². The minimum Gasteiger partial charge on any atom is -0.857 e. The summed E-state index contributed by atoms with van der Waals surface area (Å²) in [5.41, 5.74) is 0. The SMILES string of the molecule is C[O-].O=S(=O)([O-])[O-].[Zr+3]. The molecule has 0 saturated heterocycles. The molecular weight excluding hydrogens is 215 g/mol. The molecule has 0 N–H and O–H groups in total. The molecule has 0 bridgehead atoms. The van der Waals surface area contributed by atoms with E-state index in [2.05, 4.69) is 0 Å². The Labute approximate surface area is 66.4 Å². The van der Waals surface area contributed by atoms with Crippen molar-refractivity contribution >= 4 is 10.4 Å². The molecule has 0 rings (SSSR count). The average Bonchev–Trinajstić information content (AvgIpc) is 1.36. The van der Waals surface area contributed by atoms with E-state index < -0.39 is 10.4 Å². The van der Waals surface area contributed by atoms with E-state index >= 15 is 0 Å². The predicted molar refractivity (Wildman–Crippen MR) is 16.4 cm³/mol. The van der Waals surface area contributed by atoms with Crippen LogP contribution in [0.1, 0.15) is 0 Å². The summed E-state index contributed by atoms with van der Waals surface area (Å²) in [6, 6.07) is 0. The number of hydrogen-bond donors (Lipinski definition) is 0. The van der Waals surface area contributed by atoms with Gasteiger partial charge >= 0.3 is 26.2 Å². The van der Waals surface area contributed by atoms with Gasteiger partial charge in [0.1, 0.15) is 0 Å². The average molecular weight is 218 g/mol. The van der Waals surface area contributed by atoms with Gasteiger partial charge in [0, 0.05) is 10.4 Å². The zero-order chi connectivity index (χ0) is 6.50. The first-order valence-electron chi connectivity index (χ1n) is 1.07. The van der Waals surface area contributed by atoms with Crippen molar-refractivity contribution in [3.05, 3.63) is 0 Å². The summed E-state index contributed by atoms with van der Waals surface area (Å²) in [4.78, 5) is 0. The Bertz CT molecular complexity index is 95.6. The van der Waals surface area contributed by atoms with Gasteiger partial charge in [-0.3, -0.25) is 8.42 Å². The minimum atomic E-state index is -5.17.